The maximum atomic E-state index is 12.1. The van der Waals surface area contributed by atoms with E-state index in [4.69, 9.17) is 16.3 Å². The van der Waals surface area contributed by atoms with Crippen LogP contribution in [0.15, 0.2) is 42.5 Å². The fourth-order valence-electron chi connectivity index (χ4n) is 2.23. The van der Waals surface area contributed by atoms with Gasteiger partial charge in [0.1, 0.15) is 12.4 Å². The highest BCUT2D eigenvalue weighted by molar-refractivity contribution is 6.30. The molecule has 0 aliphatic heterocycles. The highest BCUT2D eigenvalue weighted by Gasteiger charge is 2.12. The van der Waals surface area contributed by atoms with Crippen molar-refractivity contribution in [2.75, 3.05) is 26.7 Å². The van der Waals surface area contributed by atoms with Gasteiger partial charge in [-0.2, -0.15) is 0 Å². The Morgan fingerprint density at radius 2 is 1.77 bits per heavy atom. The fourth-order valence-corrected chi connectivity index (χ4v) is 2.36. The molecule has 0 aliphatic rings. The topological polar surface area (TPSA) is 58.6 Å². The number of amides is 2. The van der Waals surface area contributed by atoms with Crippen LogP contribution in [-0.2, 0) is 4.79 Å². The number of hydrogen-bond donors (Lipinski definition) is 1. The molecule has 6 heteroatoms. The molecule has 2 amide bonds. The molecule has 0 heterocycles. The quantitative estimate of drug-likeness (QED) is 0.809. The molecule has 26 heavy (non-hydrogen) atoms. The van der Waals surface area contributed by atoms with E-state index in [1.807, 2.05) is 26.0 Å². The maximum Gasteiger partial charge on any atom is 0.251 e. The van der Waals surface area contributed by atoms with Crippen LogP contribution in [0.2, 0.25) is 5.02 Å². The van der Waals surface area contributed by atoms with Gasteiger partial charge >= 0.3 is 0 Å². The Labute approximate surface area is 158 Å². The number of ether oxygens (including phenoxy) is 1. The lowest BCUT2D eigenvalue weighted by Gasteiger charge is -2.18. The summed E-state index contributed by atoms with van der Waals surface area (Å²) in [4.78, 5) is 25.8. The predicted octanol–water partition coefficient (Wildman–Crippen LogP) is 3.22. The van der Waals surface area contributed by atoms with Crippen LogP contribution in [0.25, 0.3) is 0 Å². The molecule has 2 aromatic rings. The van der Waals surface area contributed by atoms with Gasteiger partial charge in [-0.1, -0.05) is 17.7 Å². The van der Waals surface area contributed by atoms with Crippen molar-refractivity contribution in [1.29, 1.82) is 0 Å². The van der Waals surface area contributed by atoms with E-state index in [9.17, 15) is 9.59 Å². The molecule has 138 valence electrons. The molecular weight excluding hydrogens is 352 g/mol. The van der Waals surface area contributed by atoms with Crippen molar-refractivity contribution in [2.24, 2.45) is 0 Å². The number of rotatable bonds is 7. The van der Waals surface area contributed by atoms with Gasteiger partial charge in [-0.3, -0.25) is 9.59 Å². The van der Waals surface area contributed by atoms with E-state index in [0.717, 1.165) is 11.1 Å². The van der Waals surface area contributed by atoms with Crippen molar-refractivity contribution in [3.63, 3.8) is 0 Å². The third-order valence-corrected chi connectivity index (χ3v) is 4.36. The van der Waals surface area contributed by atoms with E-state index < -0.39 is 0 Å². The summed E-state index contributed by atoms with van der Waals surface area (Å²) in [5, 5.41) is 3.30. The van der Waals surface area contributed by atoms with Crippen molar-refractivity contribution in [3.05, 3.63) is 64.2 Å². The first kappa shape index (κ1) is 19.8. The van der Waals surface area contributed by atoms with Crippen molar-refractivity contribution in [3.8, 4) is 5.75 Å². The summed E-state index contributed by atoms with van der Waals surface area (Å²) in [6.07, 6.45) is 0. The minimum Gasteiger partial charge on any atom is -0.492 e. The highest BCUT2D eigenvalue weighted by Crippen LogP contribution is 2.15. The second-order valence-electron chi connectivity index (χ2n) is 6.10. The number of likely N-dealkylation sites (N-methyl/N-ethyl adjacent to an activating group) is 1. The summed E-state index contributed by atoms with van der Waals surface area (Å²) in [5.74, 6) is 0.257. The zero-order chi connectivity index (χ0) is 19.1. The molecule has 0 radical (unpaired) electrons. The number of carbonyl (C=O) groups is 2. The summed E-state index contributed by atoms with van der Waals surface area (Å²) in [7, 11) is 1.68. The molecule has 0 bridgehead atoms. The van der Waals surface area contributed by atoms with Crippen LogP contribution in [0, 0.1) is 13.8 Å². The summed E-state index contributed by atoms with van der Waals surface area (Å²) in [5.41, 5.74) is 2.72. The van der Waals surface area contributed by atoms with Gasteiger partial charge in [0.05, 0.1) is 13.1 Å². The third-order valence-electron chi connectivity index (χ3n) is 4.10. The van der Waals surface area contributed by atoms with Gasteiger partial charge in [-0.25, -0.2) is 0 Å². The molecule has 1 N–H and O–H groups in total. The first-order valence-electron chi connectivity index (χ1n) is 8.34. The molecule has 2 rings (SSSR count). The molecular formula is C20H23ClN2O3. The maximum absolute atomic E-state index is 12.1. The van der Waals surface area contributed by atoms with Gasteiger partial charge in [0.25, 0.3) is 5.91 Å². The Morgan fingerprint density at radius 3 is 2.42 bits per heavy atom. The number of aryl methyl sites for hydroxylation is 2. The molecule has 0 saturated heterocycles. The average Bonchev–Trinajstić information content (AvgIpc) is 2.63. The Bertz CT molecular complexity index is 775. The number of benzene rings is 2. The first-order chi connectivity index (χ1) is 12.4. The Balaban J connectivity index is 1.74. The number of halogens is 1. The molecule has 0 aliphatic carbocycles. The van der Waals surface area contributed by atoms with Gasteiger partial charge in [0, 0.05) is 17.6 Å². The summed E-state index contributed by atoms with van der Waals surface area (Å²) in [6.45, 7) is 4.66. The van der Waals surface area contributed by atoms with E-state index in [1.54, 1.807) is 37.4 Å². The molecule has 0 spiro atoms. The predicted molar refractivity (Wildman–Crippen MR) is 103 cm³/mol. The van der Waals surface area contributed by atoms with Crippen LogP contribution in [0.3, 0.4) is 0 Å². The summed E-state index contributed by atoms with van der Waals surface area (Å²) < 4.78 is 5.56. The fraction of sp³-hybridized carbons (Fsp3) is 0.300. The SMILES string of the molecule is Cc1ccc(C(=O)NCC(=O)N(C)CCOc2ccc(Cl)cc2)cc1C. The van der Waals surface area contributed by atoms with E-state index in [-0.39, 0.29) is 18.4 Å². The number of nitrogens with one attached hydrogen (secondary N) is 1. The van der Waals surface area contributed by atoms with Crippen LogP contribution in [0.1, 0.15) is 21.5 Å². The lowest BCUT2D eigenvalue weighted by molar-refractivity contribution is -0.129. The Morgan fingerprint density at radius 1 is 1.08 bits per heavy atom. The lowest BCUT2D eigenvalue weighted by atomic mass is 10.1. The summed E-state index contributed by atoms with van der Waals surface area (Å²) >= 11 is 5.82. The van der Waals surface area contributed by atoms with Crippen molar-refractivity contribution < 1.29 is 14.3 Å². The molecule has 0 fully saturated rings. The zero-order valence-corrected chi connectivity index (χ0v) is 16.0. The lowest BCUT2D eigenvalue weighted by Crippen LogP contribution is -2.39. The van der Waals surface area contributed by atoms with Gasteiger partial charge in [0.15, 0.2) is 0 Å². The van der Waals surface area contributed by atoms with Gasteiger partial charge in [0.2, 0.25) is 5.91 Å². The molecule has 5 nitrogen and oxygen atoms in total. The van der Waals surface area contributed by atoms with E-state index >= 15 is 0 Å². The number of hydrogen-bond acceptors (Lipinski definition) is 3. The van der Waals surface area contributed by atoms with Crippen LogP contribution in [0.4, 0.5) is 0 Å². The first-order valence-corrected chi connectivity index (χ1v) is 8.72. The number of carbonyl (C=O) groups excluding carboxylic acids is 2. The van der Waals surface area contributed by atoms with Crippen molar-refractivity contribution >= 4 is 23.4 Å². The summed E-state index contributed by atoms with van der Waals surface area (Å²) in [6, 6.07) is 12.5. The Kier molecular flexibility index (Phi) is 7.04. The number of nitrogens with zero attached hydrogens (tertiary/aromatic N) is 1. The largest absolute Gasteiger partial charge is 0.492 e. The highest BCUT2D eigenvalue weighted by atomic mass is 35.5. The van der Waals surface area contributed by atoms with Crippen LogP contribution < -0.4 is 10.1 Å². The van der Waals surface area contributed by atoms with Crippen LogP contribution >= 0.6 is 11.6 Å². The van der Waals surface area contributed by atoms with Crippen LogP contribution in [-0.4, -0.2) is 43.5 Å². The van der Waals surface area contributed by atoms with E-state index in [1.165, 1.54) is 4.90 Å². The monoisotopic (exact) mass is 374 g/mol. The molecule has 2 aromatic carbocycles. The van der Waals surface area contributed by atoms with Gasteiger partial charge in [-0.15, -0.1) is 0 Å². The zero-order valence-electron chi connectivity index (χ0n) is 15.2. The molecule has 0 saturated carbocycles. The minimum atomic E-state index is -0.257. The smallest absolute Gasteiger partial charge is 0.251 e. The van der Waals surface area contributed by atoms with Crippen LogP contribution in [0.5, 0.6) is 5.75 Å². The second kappa shape index (κ2) is 9.25. The average molecular weight is 375 g/mol. The van der Waals surface area contributed by atoms with Crippen molar-refractivity contribution in [1.82, 2.24) is 10.2 Å². The van der Waals surface area contributed by atoms with Gasteiger partial charge < -0.3 is 15.0 Å². The van der Waals surface area contributed by atoms with E-state index in [0.29, 0.717) is 29.5 Å². The third kappa shape index (κ3) is 5.77. The minimum absolute atomic E-state index is 0.0524. The van der Waals surface area contributed by atoms with Crippen molar-refractivity contribution in [2.45, 2.75) is 13.8 Å². The molecule has 0 unspecified atom stereocenters. The van der Waals surface area contributed by atoms with E-state index in [2.05, 4.69) is 5.32 Å². The Hall–Kier alpha value is -2.53. The molecule has 0 atom stereocenters. The second-order valence-corrected chi connectivity index (χ2v) is 6.54. The normalized spacial score (nSPS) is 10.3. The molecule has 0 aromatic heterocycles. The van der Waals surface area contributed by atoms with Gasteiger partial charge in [-0.05, 0) is 61.4 Å². The standard InChI is InChI=1S/C20H23ClN2O3/c1-14-4-5-16(12-15(14)2)20(25)22-13-19(24)23(3)10-11-26-18-8-6-17(21)7-9-18/h4-9,12H,10-11,13H2,1-3H3,(H,22,25).